The molecule has 2 heteroatoms. The zero-order chi connectivity index (χ0) is 8.10. The van der Waals surface area contributed by atoms with Crippen LogP contribution in [0.15, 0.2) is 24.3 Å². The van der Waals surface area contributed by atoms with Crippen LogP contribution in [0.4, 0.5) is 0 Å². The molecule has 1 aromatic carbocycles. The Bertz CT molecular complexity index is 231. The molecule has 0 unspecified atom stereocenters. The number of hydrogen-bond donors (Lipinski definition) is 0. The van der Waals surface area contributed by atoms with E-state index >= 15 is 0 Å². The molecule has 0 aliphatic heterocycles. The van der Waals surface area contributed by atoms with Crippen LogP contribution < -0.4 is 0 Å². The van der Waals surface area contributed by atoms with Crippen molar-refractivity contribution >= 4 is 19.6 Å². The number of rotatable bonds is 3. The third kappa shape index (κ3) is 3.35. The van der Waals surface area contributed by atoms with E-state index in [4.69, 9.17) is 0 Å². The number of hydrogen-bond acceptors (Lipinski definition) is 1. The van der Waals surface area contributed by atoms with Crippen molar-refractivity contribution in [3.05, 3.63) is 35.9 Å². The first-order valence-electron chi connectivity index (χ1n) is 3.38. The van der Waals surface area contributed by atoms with Gasteiger partial charge in [-0.05, 0) is 0 Å². The molecule has 0 saturated carbocycles. The molecule has 0 amide bonds. The molecule has 1 radical (unpaired) electrons. The quantitative estimate of drug-likeness (QED) is 0.689. The maximum absolute atomic E-state index is 10.6. The van der Waals surface area contributed by atoms with Gasteiger partial charge in [0.25, 0.3) is 0 Å². The van der Waals surface area contributed by atoms with Gasteiger partial charge in [0.1, 0.15) is 0 Å². The van der Waals surface area contributed by atoms with Crippen molar-refractivity contribution < 1.29 is 4.79 Å². The maximum atomic E-state index is 10.6. The molecular formula is C9H9OSe. The summed E-state index contributed by atoms with van der Waals surface area (Å²) in [4.78, 5) is 10.6. The van der Waals surface area contributed by atoms with E-state index in [1.807, 2.05) is 24.3 Å². The molecule has 0 atom stereocenters. The van der Waals surface area contributed by atoms with Crippen LogP contribution >= 0.6 is 0 Å². The molecule has 1 rings (SSSR count). The first-order chi connectivity index (χ1) is 5.29. The van der Waals surface area contributed by atoms with Gasteiger partial charge >= 0.3 is 72.6 Å². The van der Waals surface area contributed by atoms with Crippen LogP contribution in [0.25, 0.3) is 0 Å². The molecule has 0 fully saturated rings. The molecular weight excluding hydrogens is 203 g/mol. The van der Waals surface area contributed by atoms with Gasteiger partial charge in [-0.25, -0.2) is 0 Å². The second-order valence-corrected chi connectivity index (χ2v) is 4.59. The molecule has 0 heterocycles. The monoisotopic (exact) mass is 213 g/mol. The van der Waals surface area contributed by atoms with Gasteiger partial charge in [-0.2, -0.15) is 0 Å². The molecule has 1 nitrogen and oxygen atoms in total. The Morgan fingerprint density at radius 1 is 1.64 bits per heavy atom. The number of carbonyl (C=O) groups excluding carboxylic acids is 1. The average molecular weight is 212 g/mol. The Labute approximate surface area is 73.0 Å². The van der Waals surface area contributed by atoms with E-state index in [2.05, 4.69) is 6.07 Å². The minimum absolute atomic E-state index is 0.109. The fourth-order valence-electron chi connectivity index (χ4n) is 0.700. The topological polar surface area (TPSA) is 17.1 Å². The summed E-state index contributed by atoms with van der Waals surface area (Å²) in [7, 11) is 0. The summed E-state index contributed by atoms with van der Waals surface area (Å²) >= 11 is 0.109. The van der Waals surface area contributed by atoms with E-state index in [9.17, 15) is 4.79 Å². The minimum atomic E-state index is 0.109. The summed E-state index contributed by atoms with van der Waals surface area (Å²) < 4.78 is 0.301. The first kappa shape index (κ1) is 8.51. The number of benzene rings is 1. The van der Waals surface area contributed by atoms with Gasteiger partial charge in [-0.3, -0.25) is 0 Å². The van der Waals surface area contributed by atoms with E-state index in [1.54, 1.807) is 6.92 Å². The van der Waals surface area contributed by atoms with E-state index in [0.29, 0.717) is 4.68 Å². The Hall–Kier alpha value is -0.591. The van der Waals surface area contributed by atoms with Crippen LogP contribution in [0.1, 0.15) is 12.5 Å². The number of carbonyl (C=O) groups is 1. The van der Waals surface area contributed by atoms with Gasteiger partial charge < -0.3 is 0 Å². The van der Waals surface area contributed by atoms with Crippen molar-refractivity contribution in [1.82, 2.24) is 0 Å². The second kappa shape index (κ2) is 4.32. The third-order valence-electron chi connectivity index (χ3n) is 1.20. The van der Waals surface area contributed by atoms with Gasteiger partial charge in [0.15, 0.2) is 0 Å². The SMILES string of the molecule is CC(=O)[Se]Cc1[c]cccc1. The van der Waals surface area contributed by atoms with Crippen LogP contribution in [0.3, 0.4) is 0 Å². The normalized spacial score (nSPS) is 9.55. The molecule has 0 spiro atoms. The standard InChI is InChI=1S/C9H9OSe/c1-8(10)11-7-9-5-3-2-4-6-9/h2-5H,7H2,1H3. The van der Waals surface area contributed by atoms with E-state index in [-0.39, 0.29) is 15.0 Å². The molecule has 1 aromatic rings. The Morgan fingerprint density at radius 3 is 3.00 bits per heavy atom. The van der Waals surface area contributed by atoms with E-state index in [0.717, 1.165) is 10.9 Å². The van der Waals surface area contributed by atoms with Gasteiger partial charge in [-0.15, -0.1) is 0 Å². The fraction of sp³-hybridized carbons (Fsp3) is 0.222. The predicted molar refractivity (Wildman–Crippen MR) is 45.4 cm³/mol. The summed E-state index contributed by atoms with van der Waals surface area (Å²) in [5.41, 5.74) is 1.14. The van der Waals surface area contributed by atoms with E-state index < -0.39 is 0 Å². The Morgan fingerprint density at radius 2 is 2.45 bits per heavy atom. The van der Waals surface area contributed by atoms with Crippen LogP contribution in [-0.2, 0) is 10.1 Å². The van der Waals surface area contributed by atoms with Crippen molar-refractivity contribution in [3.63, 3.8) is 0 Å². The predicted octanol–water partition coefficient (Wildman–Crippen LogP) is 1.24. The summed E-state index contributed by atoms with van der Waals surface area (Å²) in [5.74, 6) is 0. The van der Waals surface area contributed by atoms with Crippen LogP contribution in [0.5, 0.6) is 0 Å². The third-order valence-corrected chi connectivity index (χ3v) is 3.01. The molecule has 0 aliphatic carbocycles. The van der Waals surface area contributed by atoms with Crippen molar-refractivity contribution in [2.75, 3.05) is 0 Å². The van der Waals surface area contributed by atoms with Crippen molar-refractivity contribution in [1.29, 1.82) is 0 Å². The first-order valence-corrected chi connectivity index (χ1v) is 5.45. The summed E-state index contributed by atoms with van der Waals surface area (Å²) in [6.45, 7) is 1.64. The molecule has 57 valence electrons. The summed E-state index contributed by atoms with van der Waals surface area (Å²) in [6, 6.07) is 10.9. The molecule has 11 heavy (non-hydrogen) atoms. The molecule has 0 saturated heterocycles. The van der Waals surface area contributed by atoms with Gasteiger partial charge in [-0.1, -0.05) is 0 Å². The summed E-state index contributed by atoms with van der Waals surface area (Å²) in [6.07, 6.45) is 0. The van der Waals surface area contributed by atoms with Crippen molar-refractivity contribution in [2.24, 2.45) is 0 Å². The molecule has 0 N–H and O–H groups in total. The average Bonchev–Trinajstić information content (AvgIpc) is 2.03. The van der Waals surface area contributed by atoms with Crippen LogP contribution in [-0.4, -0.2) is 19.6 Å². The summed E-state index contributed by atoms with van der Waals surface area (Å²) in [5, 5.41) is 0.878. The molecule has 0 bridgehead atoms. The van der Waals surface area contributed by atoms with Gasteiger partial charge in [0, 0.05) is 0 Å². The second-order valence-electron chi connectivity index (χ2n) is 2.17. The van der Waals surface area contributed by atoms with Crippen molar-refractivity contribution in [2.45, 2.75) is 12.2 Å². The fourth-order valence-corrected chi connectivity index (χ4v) is 1.83. The Balaban J connectivity index is 2.45. The van der Waals surface area contributed by atoms with Crippen LogP contribution in [0, 0.1) is 6.07 Å². The van der Waals surface area contributed by atoms with E-state index in [1.165, 1.54) is 0 Å². The zero-order valence-electron chi connectivity index (χ0n) is 6.33. The van der Waals surface area contributed by atoms with Crippen LogP contribution in [0.2, 0.25) is 0 Å². The van der Waals surface area contributed by atoms with Gasteiger partial charge in [0.05, 0.1) is 0 Å². The van der Waals surface area contributed by atoms with Crippen molar-refractivity contribution in [3.8, 4) is 0 Å². The zero-order valence-corrected chi connectivity index (χ0v) is 8.05. The molecule has 0 aliphatic rings. The Kier molecular flexibility index (Phi) is 3.34. The van der Waals surface area contributed by atoms with Gasteiger partial charge in [0.2, 0.25) is 0 Å². The molecule has 0 aromatic heterocycles.